The van der Waals surface area contributed by atoms with Gasteiger partial charge < -0.3 is 15.1 Å². The molecule has 4 aliphatic carbocycles. The average Bonchev–Trinajstić information content (AvgIpc) is 2.71. The molecule has 6 rings (SSSR count). The fourth-order valence-corrected chi connectivity index (χ4v) is 6.71. The van der Waals surface area contributed by atoms with E-state index in [-0.39, 0.29) is 29.6 Å². The number of rotatable bonds is 4. The van der Waals surface area contributed by atoms with Gasteiger partial charge in [-0.05, 0) is 80.5 Å². The predicted molar refractivity (Wildman–Crippen MR) is 109 cm³/mol. The van der Waals surface area contributed by atoms with Crippen LogP contribution in [0.15, 0.2) is 24.3 Å². The molecule has 1 saturated heterocycles. The van der Waals surface area contributed by atoms with E-state index in [1.165, 1.54) is 31.4 Å². The summed E-state index contributed by atoms with van der Waals surface area (Å²) in [6, 6.07) is 6.48. The summed E-state index contributed by atoms with van der Waals surface area (Å²) in [6.07, 6.45) is 7.00. The molecule has 0 unspecified atom stereocenters. The molecule has 156 valence electrons. The number of halogens is 1. The van der Waals surface area contributed by atoms with E-state index < -0.39 is 0 Å². The molecule has 1 aromatic carbocycles. The SMILES string of the molecule is O=C(CNC(=O)C12CC3CC(CC(C3)C1)C2)N1CCN(c2ccc(F)cc2)CC1. The zero-order valence-electron chi connectivity index (χ0n) is 16.9. The second kappa shape index (κ2) is 7.29. The van der Waals surface area contributed by atoms with E-state index in [9.17, 15) is 14.0 Å². The standard InChI is InChI=1S/C23H30FN3O2/c24-19-1-3-20(4-2-19)26-5-7-27(8-6-26)21(28)15-25-22(29)23-12-16-9-17(13-23)11-18(10-16)14-23/h1-4,16-18H,5-15H2,(H,25,29). The number of hydrogen-bond acceptors (Lipinski definition) is 3. The number of piperazine rings is 1. The molecule has 0 aromatic heterocycles. The van der Waals surface area contributed by atoms with Crippen LogP contribution in [0.2, 0.25) is 0 Å². The Balaban J connectivity index is 1.12. The van der Waals surface area contributed by atoms with Crippen LogP contribution >= 0.6 is 0 Å². The van der Waals surface area contributed by atoms with E-state index in [2.05, 4.69) is 10.2 Å². The Hall–Kier alpha value is -2.11. The fourth-order valence-electron chi connectivity index (χ4n) is 6.71. The zero-order chi connectivity index (χ0) is 20.0. The summed E-state index contributed by atoms with van der Waals surface area (Å²) >= 11 is 0. The lowest BCUT2D eigenvalue weighted by Gasteiger charge is -2.55. The summed E-state index contributed by atoms with van der Waals surface area (Å²) in [5.41, 5.74) is 0.782. The third-order valence-corrected chi connectivity index (χ3v) is 7.74. The number of amides is 2. The minimum Gasteiger partial charge on any atom is -0.368 e. The Labute approximate surface area is 171 Å². The lowest BCUT2D eigenvalue weighted by Crippen LogP contribution is -2.56. The van der Waals surface area contributed by atoms with E-state index in [4.69, 9.17) is 0 Å². The van der Waals surface area contributed by atoms with Gasteiger partial charge in [0.05, 0.1) is 6.54 Å². The van der Waals surface area contributed by atoms with Crippen molar-refractivity contribution in [3.8, 4) is 0 Å². The van der Waals surface area contributed by atoms with Gasteiger partial charge >= 0.3 is 0 Å². The molecule has 0 atom stereocenters. The second-order valence-electron chi connectivity index (χ2n) is 9.72. The highest BCUT2D eigenvalue weighted by molar-refractivity contribution is 5.88. The van der Waals surface area contributed by atoms with E-state index in [1.54, 1.807) is 12.1 Å². The van der Waals surface area contributed by atoms with Crippen molar-refractivity contribution in [2.45, 2.75) is 38.5 Å². The first kappa shape index (κ1) is 18.9. The highest BCUT2D eigenvalue weighted by Crippen LogP contribution is 2.60. The van der Waals surface area contributed by atoms with E-state index in [0.29, 0.717) is 13.1 Å². The maximum atomic E-state index is 13.1. The van der Waals surface area contributed by atoms with Crippen LogP contribution in [0.3, 0.4) is 0 Å². The first-order valence-corrected chi connectivity index (χ1v) is 11.1. The van der Waals surface area contributed by atoms with Gasteiger partial charge in [0.1, 0.15) is 5.82 Å². The molecule has 1 N–H and O–H groups in total. The predicted octanol–water partition coefficient (Wildman–Crippen LogP) is 2.81. The number of carbonyl (C=O) groups is 2. The molecule has 6 heteroatoms. The lowest BCUT2D eigenvalue weighted by atomic mass is 9.49. The second-order valence-corrected chi connectivity index (χ2v) is 9.72. The van der Waals surface area contributed by atoms with Gasteiger partial charge in [-0.25, -0.2) is 4.39 Å². The molecular formula is C23H30FN3O2. The van der Waals surface area contributed by atoms with Gasteiger partial charge in [-0.1, -0.05) is 0 Å². The summed E-state index contributed by atoms with van der Waals surface area (Å²) in [4.78, 5) is 29.7. The maximum Gasteiger partial charge on any atom is 0.242 e. The van der Waals surface area contributed by atoms with Crippen molar-refractivity contribution in [3.05, 3.63) is 30.1 Å². The molecule has 4 bridgehead atoms. The van der Waals surface area contributed by atoms with Crippen LogP contribution in [0.25, 0.3) is 0 Å². The van der Waals surface area contributed by atoms with Crippen molar-refractivity contribution < 1.29 is 14.0 Å². The first-order valence-electron chi connectivity index (χ1n) is 11.1. The quantitative estimate of drug-likeness (QED) is 0.847. The molecule has 0 radical (unpaired) electrons. The lowest BCUT2D eigenvalue weighted by molar-refractivity contribution is -0.148. The number of anilines is 1. The summed E-state index contributed by atoms with van der Waals surface area (Å²) in [7, 11) is 0. The van der Waals surface area contributed by atoms with Gasteiger partial charge in [-0.3, -0.25) is 9.59 Å². The van der Waals surface area contributed by atoms with Crippen molar-refractivity contribution >= 4 is 17.5 Å². The van der Waals surface area contributed by atoms with Crippen LogP contribution in [0.4, 0.5) is 10.1 Å². The zero-order valence-corrected chi connectivity index (χ0v) is 16.9. The summed E-state index contributed by atoms with van der Waals surface area (Å²) in [6.45, 7) is 2.81. The summed E-state index contributed by atoms with van der Waals surface area (Å²) in [5, 5.41) is 3.00. The Morgan fingerprint density at radius 1 is 0.931 bits per heavy atom. The molecule has 0 spiro atoms. The number of nitrogens with one attached hydrogen (secondary N) is 1. The van der Waals surface area contributed by atoms with Gasteiger partial charge in [-0.2, -0.15) is 0 Å². The maximum absolute atomic E-state index is 13.1. The third kappa shape index (κ3) is 3.62. The van der Waals surface area contributed by atoms with Crippen LogP contribution in [0, 0.1) is 29.0 Å². The largest absolute Gasteiger partial charge is 0.368 e. The Kier molecular flexibility index (Phi) is 4.75. The minimum atomic E-state index is -0.239. The number of carbonyl (C=O) groups excluding carboxylic acids is 2. The van der Waals surface area contributed by atoms with E-state index in [0.717, 1.165) is 55.8 Å². The fraction of sp³-hybridized carbons (Fsp3) is 0.652. The molecule has 1 heterocycles. The third-order valence-electron chi connectivity index (χ3n) is 7.74. The number of hydrogen-bond donors (Lipinski definition) is 1. The molecule has 4 saturated carbocycles. The molecule has 1 aromatic rings. The molecule has 1 aliphatic heterocycles. The van der Waals surface area contributed by atoms with Crippen LogP contribution in [-0.4, -0.2) is 49.4 Å². The molecule has 2 amide bonds. The van der Waals surface area contributed by atoms with Crippen LogP contribution in [-0.2, 0) is 9.59 Å². The highest BCUT2D eigenvalue weighted by Gasteiger charge is 2.54. The van der Waals surface area contributed by atoms with Gasteiger partial charge in [0.25, 0.3) is 0 Å². The molecule has 29 heavy (non-hydrogen) atoms. The molecular weight excluding hydrogens is 369 g/mol. The average molecular weight is 400 g/mol. The van der Waals surface area contributed by atoms with Gasteiger partial charge in [0.2, 0.25) is 11.8 Å². The number of benzene rings is 1. The van der Waals surface area contributed by atoms with Crippen molar-refractivity contribution in [1.82, 2.24) is 10.2 Å². The van der Waals surface area contributed by atoms with Crippen molar-refractivity contribution in [3.63, 3.8) is 0 Å². The monoisotopic (exact) mass is 399 g/mol. The summed E-state index contributed by atoms with van der Waals surface area (Å²) < 4.78 is 13.1. The van der Waals surface area contributed by atoms with Crippen molar-refractivity contribution in [2.75, 3.05) is 37.6 Å². The highest BCUT2D eigenvalue weighted by atomic mass is 19.1. The Morgan fingerprint density at radius 2 is 1.48 bits per heavy atom. The van der Waals surface area contributed by atoms with Crippen LogP contribution < -0.4 is 10.2 Å². The van der Waals surface area contributed by atoms with Crippen molar-refractivity contribution in [1.29, 1.82) is 0 Å². The molecule has 5 aliphatic rings. The van der Waals surface area contributed by atoms with Gasteiger partial charge in [0, 0.05) is 37.3 Å². The first-order chi connectivity index (χ1) is 14.0. The van der Waals surface area contributed by atoms with Crippen LogP contribution in [0.1, 0.15) is 38.5 Å². The van der Waals surface area contributed by atoms with Gasteiger partial charge in [0.15, 0.2) is 0 Å². The normalized spacial score (nSPS) is 33.1. The smallest absolute Gasteiger partial charge is 0.242 e. The Bertz CT molecular complexity index is 751. The Morgan fingerprint density at radius 3 is 2.03 bits per heavy atom. The minimum absolute atomic E-state index is 0.00170. The van der Waals surface area contributed by atoms with E-state index in [1.807, 2.05) is 4.90 Å². The van der Waals surface area contributed by atoms with Crippen LogP contribution in [0.5, 0.6) is 0 Å². The topological polar surface area (TPSA) is 52.7 Å². The number of nitrogens with zero attached hydrogens (tertiary/aromatic N) is 2. The van der Waals surface area contributed by atoms with Crippen molar-refractivity contribution in [2.24, 2.45) is 23.2 Å². The molecule has 5 fully saturated rings. The molecule has 5 nitrogen and oxygen atoms in total. The van der Waals surface area contributed by atoms with Gasteiger partial charge in [-0.15, -0.1) is 0 Å². The summed E-state index contributed by atoms with van der Waals surface area (Å²) in [5.74, 6) is 2.06. The van der Waals surface area contributed by atoms with E-state index >= 15 is 0 Å².